The Morgan fingerprint density at radius 2 is 1.50 bits per heavy atom. The molecule has 2 aromatic carbocycles. The average molecular weight is 497 g/mol. The Kier molecular flexibility index (Phi) is 8.30. The molecular formula is C27H29FN2O6. The van der Waals surface area contributed by atoms with E-state index >= 15 is 0 Å². The number of nitrogens with zero attached hydrogens (tertiary/aromatic N) is 1. The maximum absolute atomic E-state index is 13.1. The second kappa shape index (κ2) is 11.8. The van der Waals surface area contributed by atoms with Crippen LogP contribution in [0, 0.1) is 0 Å². The third kappa shape index (κ3) is 5.90. The molecule has 0 saturated heterocycles. The van der Waals surface area contributed by atoms with E-state index < -0.39 is 49.5 Å². The Hall–Kier alpha value is -3.75. The molecule has 1 atom stereocenters. The number of Topliss-reactive ketones (excluding diaryl/α,β-unsaturated/α-hetero) is 1. The van der Waals surface area contributed by atoms with Crippen LogP contribution in [0.2, 0.25) is 0 Å². The molecule has 1 fully saturated rings. The Morgan fingerprint density at radius 1 is 0.917 bits per heavy atom. The van der Waals surface area contributed by atoms with Crippen molar-refractivity contribution in [3.63, 3.8) is 0 Å². The molecule has 1 heterocycles. The van der Waals surface area contributed by atoms with E-state index in [1.54, 1.807) is 24.3 Å². The number of ketones is 1. The van der Waals surface area contributed by atoms with Gasteiger partial charge in [-0.05, 0) is 37.8 Å². The fourth-order valence-corrected chi connectivity index (χ4v) is 4.65. The Bertz CT molecular complexity index is 1210. The van der Waals surface area contributed by atoms with Crippen LogP contribution in [0.5, 0.6) is 0 Å². The second-order valence-corrected chi connectivity index (χ2v) is 8.95. The third-order valence-electron chi connectivity index (χ3n) is 6.42. The maximum Gasteiger partial charge on any atom is 0.419 e. The number of carbonyl (C=O) groups is 4. The molecule has 1 saturated carbocycles. The summed E-state index contributed by atoms with van der Waals surface area (Å²) >= 11 is 0. The van der Waals surface area contributed by atoms with E-state index in [4.69, 9.17) is 9.47 Å². The highest BCUT2D eigenvalue weighted by atomic mass is 19.1. The summed E-state index contributed by atoms with van der Waals surface area (Å²) in [6.45, 7) is -2.05. The molecule has 3 aromatic rings. The number of ether oxygens (including phenoxy) is 2. The van der Waals surface area contributed by atoms with Crippen LogP contribution in [-0.2, 0) is 23.9 Å². The van der Waals surface area contributed by atoms with Crippen LogP contribution in [0.15, 0.2) is 48.5 Å². The van der Waals surface area contributed by atoms with Crippen LogP contribution >= 0.6 is 0 Å². The van der Waals surface area contributed by atoms with Crippen LogP contribution < -0.4 is 5.32 Å². The number of benzene rings is 2. The van der Waals surface area contributed by atoms with Crippen LogP contribution in [0.25, 0.3) is 21.8 Å². The van der Waals surface area contributed by atoms with Crippen LogP contribution in [-0.4, -0.2) is 53.7 Å². The molecule has 9 heteroatoms. The molecule has 4 rings (SSSR count). The topological polar surface area (TPSA) is 104 Å². The number of hydrogen-bond acceptors (Lipinski definition) is 6. The number of aromatic nitrogens is 1. The monoisotopic (exact) mass is 496 g/mol. The number of alkyl halides is 1. The minimum Gasteiger partial charge on any atom is -0.462 e. The fraction of sp³-hybridized carbons (Fsp3) is 0.407. The molecule has 0 spiro atoms. The summed E-state index contributed by atoms with van der Waals surface area (Å²) in [6, 6.07) is 13.2. The molecule has 1 aliphatic rings. The highest BCUT2D eigenvalue weighted by molar-refractivity contribution is 6.12. The number of halogens is 1. The minimum absolute atomic E-state index is 0.232. The predicted molar refractivity (Wildman–Crippen MR) is 131 cm³/mol. The number of esters is 1. The number of rotatable bonds is 8. The Balaban J connectivity index is 1.38. The van der Waals surface area contributed by atoms with Gasteiger partial charge >= 0.3 is 12.1 Å². The number of hydrogen-bond donors (Lipinski definition) is 1. The summed E-state index contributed by atoms with van der Waals surface area (Å²) in [5, 5.41) is 4.02. The summed E-state index contributed by atoms with van der Waals surface area (Å²) in [5.41, 5.74) is 1.24. The quantitative estimate of drug-likeness (QED) is 0.365. The zero-order valence-electron chi connectivity index (χ0n) is 19.9. The van der Waals surface area contributed by atoms with Gasteiger partial charge < -0.3 is 14.8 Å². The van der Waals surface area contributed by atoms with Gasteiger partial charge in [-0.25, -0.2) is 13.8 Å². The van der Waals surface area contributed by atoms with Gasteiger partial charge in [0.25, 0.3) is 5.91 Å². The molecule has 8 nitrogen and oxygen atoms in total. The number of fused-ring (bicyclic) bond motifs is 3. The highest BCUT2D eigenvalue weighted by Crippen LogP contribution is 2.28. The normalized spacial score (nSPS) is 15.2. The van der Waals surface area contributed by atoms with Gasteiger partial charge in [0.1, 0.15) is 18.8 Å². The molecule has 1 unspecified atom stereocenters. The molecule has 1 aliphatic carbocycles. The van der Waals surface area contributed by atoms with Crippen molar-refractivity contribution < 1.29 is 33.0 Å². The number of amides is 1. The van der Waals surface area contributed by atoms with Crippen molar-refractivity contribution in [3.8, 4) is 0 Å². The van der Waals surface area contributed by atoms with Gasteiger partial charge in [0.2, 0.25) is 0 Å². The molecule has 0 bridgehead atoms. The first kappa shape index (κ1) is 25.3. The minimum atomic E-state index is -1.40. The zero-order valence-corrected chi connectivity index (χ0v) is 19.9. The Labute approximate surface area is 207 Å². The van der Waals surface area contributed by atoms with E-state index in [2.05, 4.69) is 5.32 Å². The molecule has 1 amide bonds. The van der Waals surface area contributed by atoms with Gasteiger partial charge in [-0.1, -0.05) is 49.2 Å². The summed E-state index contributed by atoms with van der Waals surface area (Å²) in [7, 11) is 0. The summed E-state index contributed by atoms with van der Waals surface area (Å²) in [4.78, 5) is 49.8. The van der Waals surface area contributed by atoms with E-state index in [1.165, 1.54) is 4.57 Å². The van der Waals surface area contributed by atoms with Crippen molar-refractivity contribution in [2.45, 2.75) is 57.1 Å². The van der Waals surface area contributed by atoms with E-state index in [9.17, 15) is 23.6 Å². The lowest BCUT2D eigenvalue weighted by atomic mass is 10.1. The first-order chi connectivity index (χ1) is 17.5. The molecule has 0 radical (unpaired) electrons. The van der Waals surface area contributed by atoms with Crippen LogP contribution in [0.3, 0.4) is 0 Å². The maximum atomic E-state index is 13.1. The van der Waals surface area contributed by atoms with Crippen molar-refractivity contribution >= 4 is 45.6 Å². The van der Waals surface area contributed by atoms with Crippen molar-refractivity contribution in [2.24, 2.45) is 0 Å². The summed E-state index contributed by atoms with van der Waals surface area (Å²) in [6.07, 6.45) is 4.09. The van der Waals surface area contributed by atoms with Crippen molar-refractivity contribution in [1.29, 1.82) is 0 Å². The average Bonchev–Trinajstić information content (AvgIpc) is 3.00. The van der Waals surface area contributed by atoms with Crippen molar-refractivity contribution in [3.05, 3.63) is 48.5 Å². The fourth-order valence-electron chi connectivity index (χ4n) is 4.65. The third-order valence-corrected chi connectivity index (χ3v) is 6.42. The second-order valence-electron chi connectivity index (χ2n) is 8.95. The summed E-state index contributed by atoms with van der Waals surface area (Å²) < 4.78 is 25.1. The molecule has 0 aliphatic heterocycles. The van der Waals surface area contributed by atoms with E-state index in [0.717, 1.165) is 49.3 Å². The standard InChI is InChI=1S/C27H29FN2O6/c28-16-24(31)21(15-26(33)36-18-9-3-1-2-4-10-18)29-25(32)17-35-27(34)30-22-13-7-5-11-19(22)20-12-6-8-14-23(20)30/h5-8,11-14,18,21H,1-4,9-10,15-17H2,(H,29,32). The SMILES string of the molecule is O=C(COC(=O)n1c2ccccc2c2ccccc21)NC(CC(=O)OC1CCCCCC1)C(=O)CF. The molecule has 36 heavy (non-hydrogen) atoms. The van der Waals surface area contributed by atoms with Crippen molar-refractivity contribution in [1.82, 2.24) is 9.88 Å². The van der Waals surface area contributed by atoms with Crippen LogP contribution in [0.4, 0.5) is 9.18 Å². The predicted octanol–water partition coefficient (Wildman–Crippen LogP) is 4.46. The first-order valence-electron chi connectivity index (χ1n) is 12.2. The van der Waals surface area contributed by atoms with E-state index in [-0.39, 0.29) is 6.10 Å². The van der Waals surface area contributed by atoms with Gasteiger partial charge in [-0.3, -0.25) is 14.4 Å². The molecule has 1 N–H and O–H groups in total. The van der Waals surface area contributed by atoms with E-state index in [1.807, 2.05) is 24.3 Å². The number of para-hydroxylation sites is 2. The molecule has 190 valence electrons. The lowest BCUT2D eigenvalue weighted by Gasteiger charge is -2.19. The van der Waals surface area contributed by atoms with Gasteiger partial charge in [-0.15, -0.1) is 0 Å². The highest BCUT2D eigenvalue weighted by Gasteiger charge is 2.27. The Morgan fingerprint density at radius 3 is 2.08 bits per heavy atom. The molecule has 1 aromatic heterocycles. The largest absolute Gasteiger partial charge is 0.462 e. The lowest BCUT2D eigenvalue weighted by Crippen LogP contribution is -2.45. The van der Waals surface area contributed by atoms with Gasteiger partial charge in [0.05, 0.1) is 17.5 Å². The van der Waals surface area contributed by atoms with E-state index in [0.29, 0.717) is 11.0 Å². The van der Waals surface area contributed by atoms with Crippen LogP contribution in [0.1, 0.15) is 44.9 Å². The van der Waals surface area contributed by atoms with Gasteiger partial charge in [0.15, 0.2) is 12.4 Å². The lowest BCUT2D eigenvalue weighted by molar-refractivity contribution is -0.151. The number of nitrogens with one attached hydrogen (secondary N) is 1. The first-order valence-corrected chi connectivity index (χ1v) is 12.2. The van der Waals surface area contributed by atoms with Crippen molar-refractivity contribution in [2.75, 3.05) is 13.3 Å². The molecular weight excluding hydrogens is 467 g/mol. The van der Waals surface area contributed by atoms with Gasteiger partial charge in [0, 0.05) is 10.8 Å². The zero-order chi connectivity index (χ0) is 25.5. The smallest absolute Gasteiger partial charge is 0.419 e. The number of carbonyl (C=O) groups excluding carboxylic acids is 4. The summed E-state index contributed by atoms with van der Waals surface area (Å²) in [5.74, 6) is -2.44. The van der Waals surface area contributed by atoms with Gasteiger partial charge in [-0.2, -0.15) is 0 Å².